The fourth-order valence-corrected chi connectivity index (χ4v) is 3.58. The zero-order valence-electron chi connectivity index (χ0n) is 16.4. The molecule has 0 radical (unpaired) electrons. The molecule has 5 nitrogen and oxygen atoms in total. The van der Waals surface area contributed by atoms with Gasteiger partial charge in [0.15, 0.2) is 5.69 Å². The Balaban J connectivity index is 2.24. The van der Waals surface area contributed by atoms with Gasteiger partial charge in [0.05, 0.1) is 35.7 Å². The summed E-state index contributed by atoms with van der Waals surface area (Å²) in [7, 11) is 1.38. The van der Waals surface area contributed by atoms with E-state index < -0.39 is 23.3 Å². The number of halogens is 5. The SMILES string of the molecule is COCc1c(-c2c(F)cccc2Cl)c[nH]c1-c1cnn(CC(C)(C)O)c1C(F)(F)F. The molecule has 0 saturated heterocycles. The second kappa shape index (κ2) is 8.05. The van der Waals surface area contributed by atoms with Crippen molar-refractivity contribution in [3.05, 3.63) is 52.7 Å². The van der Waals surface area contributed by atoms with Gasteiger partial charge in [-0.3, -0.25) is 4.68 Å². The number of rotatable bonds is 6. The van der Waals surface area contributed by atoms with Crippen LogP contribution in [0.2, 0.25) is 5.02 Å². The topological polar surface area (TPSA) is 63.1 Å². The molecule has 2 N–H and O–H groups in total. The molecule has 0 bridgehead atoms. The van der Waals surface area contributed by atoms with Crippen molar-refractivity contribution in [2.24, 2.45) is 0 Å². The number of nitrogens with zero attached hydrogens (tertiary/aromatic N) is 2. The lowest BCUT2D eigenvalue weighted by Crippen LogP contribution is -2.29. The van der Waals surface area contributed by atoms with Crippen LogP contribution in [0.15, 0.2) is 30.6 Å². The number of aromatic amines is 1. The van der Waals surface area contributed by atoms with Gasteiger partial charge in [0, 0.05) is 35.6 Å². The molecule has 0 unspecified atom stereocenters. The van der Waals surface area contributed by atoms with Gasteiger partial charge in [0.2, 0.25) is 0 Å². The second-order valence-electron chi connectivity index (χ2n) is 7.46. The van der Waals surface area contributed by atoms with E-state index in [2.05, 4.69) is 10.1 Å². The van der Waals surface area contributed by atoms with E-state index in [4.69, 9.17) is 16.3 Å². The molecule has 30 heavy (non-hydrogen) atoms. The van der Waals surface area contributed by atoms with Gasteiger partial charge in [-0.1, -0.05) is 17.7 Å². The van der Waals surface area contributed by atoms with Gasteiger partial charge in [0.1, 0.15) is 5.82 Å². The molecule has 0 aliphatic carbocycles. The van der Waals surface area contributed by atoms with E-state index in [0.717, 1.165) is 6.20 Å². The van der Waals surface area contributed by atoms with Crippen LogP contribution in [0.4, 0.5) is 17.6 Å². The molecule has 10 heteroatoms. The summed E-state index contributed by atoms with van der Waals surface area (Å²) in [6.45, 7) is 2.32. The van der Waals surface area contributed by atoms with Crippen LogP contribution in [0.3, 0.4) is 0 Å². The molecule has 0 fully saturated rings. The van der Waals surface area contributed by atoms with Crippen molar-refractivity contribution in [3.63, 3.8) is 0 Å². The molecular weight excluding hydrogens is 426 g/mol. The molecule has 3 aromatic rings. The Kier molecular flexibility index (Phi) is 5.99. The Morgan fingerprint density at radius 2 is 1.93 bits per heavy atom. The summed E-state index contributed by atoms with van der Waals surface area (Å²) in [5, 5.41) is 13.9. The molecule has 1 aromatic carbocycles. The molecule has 2 aromatic heterocycles. The average molecular weight is 446 g/mol. The van der Waals surface area contributed by atoms with Gasteiger partial charge >= 0.3 is 6.18 Å². The largest absolute Gasteiger partial charge is 0.433 e. The fourth-order valence-electron chi connectivity index (χ4n) is 3.32. The summed E-state index contributed by atoms with van der Waals surface area (Å²) in [6.07, 6.45) is -2.30. The number of ether oxygens (including phenoxy) is 1. The Morgan fingerprint density at radius 1 is 1.23 bits per heavy atom. The molecule has 0 aliphatic heterocycles. The second-order valence-corrected chi connectivity index (χ2v) is 7.87. The first-order valence-electron chi connectivity index (χ1n) is 8.93. The van der Waals surface area contributed by atoms with Gasteiger partial charge in [0.25, 0.3) is 0 Å². The Morgan fingerprint density at radius 3 is 2.50 bits per heavy atom. The lowest BCUT2D eigenvalue weighted by molar-refractivity contribution is -0.144. The van der Waals surface area contributed by atoms with Gasteiger partial charge in [-0.05, 0) is 26.0 Å². The molecule has 162 valence electrons. The highest BCUT2D eigenvalue weighted by molar-refractivity contribution is 6.33. The molecule has 0 atom stereocenters. The van der Waals surface area contributed by atoms with Crippen LogP contribution in [-0.4, -0.2) is 32.6 Å². The van der Waals surface area contributed by atoms with Gasteiger partial charge in [-0.15, -0.1) is 0 Å². The van der Waals surface area contributed by atoms with E-state index in [9.17, 15) is 22.7 Å². The molecule has 0 amide bonds. The minimum Gasteiger partial charge on any atom is -0.389 e. The van der Waals surface area contributed by atoms with E-state index in [-0.39, 0.29) is 35.0 Å². The van der Waals surface area contributed by atoms with Crippen molar-refractivity contribution >= 4 is 11.6 Å². The third kappa shape index (κ3) is 4.38. The third-order valence-electron chi connectivity index (χ3n) is 4.42. The normalized spacial score (nSPS) is 12.6. The smallest absolute Gasteiger partial charge is 0.389 e. The molecular formula is C20H20ClF4N3O2. The van der Waals surface area contributed by atoms with E-state index >= 15 is 0 Å². The first kappa shape index (κ1) is 22.3. The highest BCUT2D eigenvalue weighted by Gasteiger charge is 2.40. The van der Waals surface area contributed by atoms with Crippen LogP contribution >= 0.6 is 11.6 Å². The number of alkyl halides is 3. The van der Waals surface area contributed by atoms with Crippen molar-refractivity contribution in [2.45, 2.75) is 38.8 Å². The van der Waals surface area contributed by atoms with Crippen molar-refractivity contribution in [1.82, 2.24) is 14.8 Å². The number of H-pyrrole nitrogens is 1. The molecule has 0 spiro atoms. The number of benzene rings is 1. The predicted octanol–water partition coefficient (Wildman–Crippen LogP) is 5.27. The third-order valence-corrected chi connectivity index (χ3v) is 4.74. The number of aromatic nitrogens is 3. The van der Waals surface area contributed by atoms with E-state index in [0.29, 0.717) is 15.8 Å². The van der Waals surface area contributed by atoms with Crippen molar-refractivity contribution in [2.75, 3.05) is 7.11 Å². The number of methoxy groups -OCH3 is 1. The van der Waals surface area contributed by atoms with Crippen LogP contribution in [0.1, 0.15) is 25.1 Å². The van der Waals surface area contributed by atoms with E-state index in [1.807, 2.05) is 0 Å². The van der Waals surface area contributed by atoms with Crippen LogP contribution in [0, 0.1) is 5.82 Å². The van der Waals surface area contributed by atoms with Gasteiger partial charge in [-0.2, -0.15) is 18.3 Å². The molecule has 3 rings (SSSR count). The van der Waals surface area contributed by atoms with Gasteiger partial charge in [-0.25, -0.2) is 4.39 Å². The monoisotopic (exact) mass is 445 g/mol. The Bertz CT molecular complexity index is 1030. The number of hydrogen-bond donors (Lipinski definition) is 2. The first-order chi connectivity index (χ1) is 13.9. The zero-order chi connectivity index (χ0) is 22.3. The van der Waals surface area contributed by atoms with Gasteiger partial charge < -0.3 is 14.8 Å². The number of hydrogen-bond acceptors (Lipinski definition) is 3. The van der Waals surface area contributed by atoms with Crippen LogP contribution in [0.25, 0.3) is 22.4 Å². The Labute approximate surface area is 175 Å². The summed E-state index contributed by atoms with van der Waals surface area (Å²) in [4.78, 5) is 2.80. The average Bonchev–Trinajstić information content (AvgIpc) is 3.18. The summed E-state index contributed by atoms with van der Waals surface area (Å²) in [5.41, 5.74) is -1.95. The standard InChI is InChI=1S/C20H20ClF4N3O2/c1-19(2,29)10-28-18(20(23,24)25)12(8-27-28)17-13(9-30-3)11(7-26-17)16-14(21)5-4-6-15(16)22/h4-8,26,29H,9-10H2,1-3H3. The summed E-state index contributed by atoms with van der Waals surface area (Å²) in [5.74, 6) is -0.612. The zero-order valence-corrected chi connectivity index (χ0v) is 17.2. The lowest BCUT2D eigenvalue weighted by atomic mass is 9.99. The summed E-state index contributed by atoms with van der Waals surface area (Å²) < 4.78 is 62.1. The van der Waals surface area contributed by atoms with Crippen molar-refractivity contribution in [3.8, 4) is 22.4 Å². The molecule has 2 heterocycles. The maximum absolute atomic E-state index is 14.5. The highest BCUT2D eigenvalue weighted by atomic mass is 35.5. The predicted molar refractivity (Wildman–Crippen MR) is 104 cm³/mol. The summed E-state index contributed by atoms with van der Waals surface area (Å²) in [6, 6.07) is 4.14. The lowest BCUT2D eigenvalue weighted by Gasteiger charge is -2.20. The number of aliphatic hydroxyl groups is 1. The van der Waals surface area contributed by atoms with Crippen LogP contribution in [0.5, 0.6) is 0 Å². The molecule has 0 saturated carbocycles. The highest BCUT2D eigenvalue weighted by Crippen LogP contribution is 2.42. The van der Waals surface area contributed by atoms with E-state index in [1.165, 1.54) is 45.4 Å². The quantitative estimate of drug-likeness (QED) is 0.508. The minimum atomic E-state index is -4.75. The van der Waals surface area contributed by atoms with E-state index in [1.54, 1.807) is 0 Å². The van der Waals surface area contributed by atoms with Crippen LogP contribution < -0.4 is 0 Å². The van der Waals surface area contributed by atoms with Crippen LogP contribution in [-0.2, 0) is 24.1 Å². The van der Waals surface area contributed by atoms with Crippen molar-refractivity contribution < 1.29 is 27.4 Å². The first-order valence-corrected chi connectivity index (χ1v) is 9.31. The van der Waals surface area contributed by atoms with Crippen molar-refractivity contribution in [1.29, 1.82) is 0 Å². The maximum atomic E-state index is 14.5. The maximum Gasteiger partial charge on any atom is 0.433 e. The minimum absolute atomic E-state index is 0.0613. The summed E-state index contributed by atoms with van der Waals surface area (Å²) >= 11 is 6.15. The number of nitrogens with one attached hydrogen (secondary N) is 1. The fraction of sp³-hybridized carbons (Fsp3) is 0.350. The molecule has 0 aliphatic rings. The Hall–Kier alpha value is -2.36.